The van der Waals surface area contributed by atoms with E-state index in [1.54, 1.807) is 0 Å². The number of rotatable bonds is 2. The van der Waals surface area contributed by atoms with Crippen molar-refractivity contribution in [3.8, 4) is 0 Å². The van der Waals surface area contributed by atoms with E-state index in [2.05, 4.69) is 0 Å². The molecule has 0 fully saturated rings. The molecule has 6 nitrogen and oxygen atoms in total. The van der Waals surface area contributed by atoms with Gasteiger partial charge in [-0.3, -0.25) is 20.2 Å². The zero-order chi connectivity index (χ0) is 10.0. The summed E-state index contributed by atoms with van der Waals surface area (Å²) in [6, 6.07) is 4.00. The molecule has 0 amide bonds. The van der Waals surface area contributed by atoms with Gasteiger partial charge in [-0.05, 0) is 6.92 Å². The maximum absolute atomic E-state index is 10.4. The topological polar surface area (TPSA) is 86.3 Å². The highest BCUT2D eigenvalue weighted by atomic mass is 24.3. The predicted octanol–water partition coefficient (Wildman–Crippen LogP) is 1.43. The molecule has 0 saturated heterocycles. The van der Waals surface area contributed by atoms with Gasteiger partial charge in [0.15, 0.2) is 0 Å². The Hall–Kier alpha value is -1.21. The fraction of sp³-hybridized carbons (Fsp3) is 0.143. The lowest BCUT2D eigenvalue weighted by Gasteiger charge is -1.96. The Labute approximate surface area is 95.4 Å². The van der Waals surface area contributed by atoms with E-state index in [-0.39, 0.29) is 23.1 Å². The Bertz CT molecular complexity index is 380. The summed E-state index contributed by atoms with van der Waals surface area (Å²) in [4.78, 5) is 19.3. The first kappa shape index (κ1) is 12.8. The molecule has 7 heteroatoms. The van der Waals surface area contributed by atoms with Crippen LogP contribution >= 0.6 is 0 Å². The van der Waals surface area contributed by atoms with Crippen LogP contribution < -0.4 is 0 Å². The van der Waals surface area contributed by atoms with E-state index < -0.39 is 21.2 Å². The van der Waals surface area contributed by atoms with Crippen LogP contribution in [-0.2, 0) is 0 Å². The van der Waals surface area contributed by atoms with E-state index in [1.165, 1.54) is 19.1 Å². The molecule has 0 aliphatic rings. The first-order valence-electron chi connectivity index (χ1n) is 3.42. The molecule has 0 aliphatic carbocycles. The summed E-state index contributed by atoms with van der Waals surface area (Å²) in [5.41, 5.74) is -0.614. The first-order chi connectivity index (χ1) is 6.04. The Morgan fingerprint density at radius 3 is 2.07 bits per heavy atom. The summed E-state index contributed by atoms with van der Waals surface area (Å²) in [7, 11) is 0. The van der Waals surface area contributed by atoms with E-state index in [0.717, 1.165) is 6.07 Å². The van der Waals surface area contributed by atoms with Crippen molar-refractivity contribution in [2.24, 2.45) is 0 Å². The lowest BCUT2D eigenvalue weighted by atomic mass is 10.2. The van der Waals surface area contributed by atoms with Gasteiger partial charge in [-0.25, -0.2) is 0 Å². The molecule has 0 N–H and O–H groups in total. The zero-order valence-corrected chi connectivity index (χ0v) is 8.88. The summed E-state index contributed by atoms with van der Waals surface area (Å²) in [6.07, 6.45) is 0. The van der Waals surface area contributed by atoms with Gasteiger partial charge in [0, 0.05) is 34.7 Å². The number of aryl methyl sites for hydroxylation is 1. The standard InChI is InChI=1S/C7H6N2O4.Mg/c1-5-3-2-4-6(8(10)11)7(5)9(12)13;/h2-4H,1H3;. The molecule has 14 heavy (non-hydrogen) atoms. The summed E-state index contributed by atoms with van der Waals surface area (Å²) >= 11 is 0. The monoisotopic (exact) mass is 206 g/mol. The van der Waals surface area contributed by atoms with E-state index in [4.69, 9.17) is 0 Å². The molecule has 70 valence electrons. The van der Waals surface area contributed by atoms with E-state index >= 15 is 0 Å². The van der Waals surface area contributed by atoms with Gasteiger partial charge in [0.1, 0.15) is 0 Å². The van der Waals surface area contributed by atoms with E-state index in [0.29, 0.717) is 5.56 Å². The maximum Gasteiger partial charge on any atom is 0.348 e. The average Bonchev–Trinajstić information content (AvgIpc) is 2.02. The Morgan fingerprint density at radius 1 is 1.14 bits per heavy atom. The highest BCUT2D eigenvalue weighted by Gasteiger charge is 2.25. The second-order valence-corrected chi connectivity index (χ2v) is 2.46. The van der Waals surface area contributed by atoms with Crippen molar-refractivity contribution in [2.45, 2.75) is 6.92 Å². The molecular formula is C7H6MgN2O4. The Morgan fingerprint density at radius 2 is 1.71 bits per heavy atom. The zero-order valence-electron chi connectivity index (χ0n) is 7.47. The van der Waals surface area contributed by atoms with Crippen LogP contribution in [0.5, 0.6) is 0 Å². The average molecular weight is 206 g/mol. The summed E-state index contributed by atoms with van der Waals surface area (Å²) in [5.74, 6) is 0. The lowest BCUT2D eigenvalue weighted by molar-refractivity contribution is -0.422. The quantitative estimate of drug-likeness (QED) is 0.416. The van der Waals surface area contributed by atoms with Crippen LogP contribution in [0.25, 0.3) is 0 Å². The van der Waals surface area contributed by atoms with Crippen molar-refractivity contribution in [1.29, 1.82) is 0 Å². The highest BCUT2D eigenvalue weighted by molar-refractivity contribution is 5.75. The first-order valence-corrected chi connectivity index (χ1v) is 3.42. The van der Waals surface area contributed by atoms with Gasteiger partial charge in [-0.1, -0.05) is 12.1 Å². The number of hydrogen-bond donors (Lipinski definition) is 0. The summed E-state index contributed by atoms with van der Waals surface area (Å²) in [6.45, 7) is 1.46. The molecular weight excluding hydrogens is 200 g/mol. The van der Waals surface area contributed by atoms with Crippen molar-refractivity contribution < 1.29 is 9.85 Å². The van der Waals surface area contributed by atoms with Gasteiger partial charge in [0.25, 0.3) is 0 Å². The number of nitrogens with zero attached hydrogens (tertiary/aromatic N) is 2. The fourth-order valence-electron chi connectivity index (χ4n) is 1.03. The fourth-order valence-corrected chi connectivity index (χ4v) is 1.03. The third kappa shape index (κ3) is 2.39. The summed E-state index contributed by atoms with van der Waals surface area (Å²) in [5, 5.41) is 20.8. The molecule has 0 atom stereocenters. The number of hydrogen-bond acceptors (Lipinski definition) is 4. The molecule has 2 radical (unpaired) electrons. The molecule has 1 aromatic rings. The second kappa shape index (κ2) is 4.87. The van der Waals surface area contributed by atoms with Gasteiger partial charge in [0.05, 0.1) is 9.85 Å². The molecule has 0 bridgehead atoms. The molecule has 0 aliphatic heterocycles. The van der Waals surface area contributed by atoms with Crippen LogP contribution in [0.3, 0.4) is 0 Å². The molecule has 0 spiro atoms. The molecule has 1 rings (SSSR count). The van der Waals surface area contributed by atoms with Crippen LogP contribution in [0.1, 0.15) is 5.56 Å². The minimum absolute atomic E-state index is 0. The number of nitro groups is 2. The third-order valence-electron chi connectivity index (χ3n) is 1.60. The summed E-state index contributed by atoms with van der Waals surface area (Å²) < 4.78 is 0. The second-order valence-electron chi connectivity index (χ2n) is 2.46. The van der Waals surface area contributed by atoms with Gasteiger partial charge >= 0.3 is 11.4 Å². The van der Waals surface area contributed by atoms with Crippen LogP contribution in [0.4, 0.5) is 11.4 Å². The highest BCUT2D eigenvalue weighted by Crippen LogP contribution is 2.29. The van der Waals surface area contributed by atoms with E-state index in [9.17, 15) is 20.2 Å². The van der Waals surface area contributed by atoms with Gasteiger partial charge in [0.2, 0.25) is 0 Å². The van der Waals surface area contributed by atoms with Gasteiger partial charge in [-0.2, -0.15) is 0 Å². The van der Waals surface area contributed by atoms with Crippen LogP contribution in [-0.4, -0.2) is 32.9 Å². The Balaban J connectivity index is 0.00000169. The van der Waals surface area contributed by atoms with E-state index in [1.807, 2.05) is 0 Å². The van der Waals surface area contributed by atoms with Crippen molar-refractivity contribution in [2.75, 3.05) is 0 Å². The largest absolute Gasteiger partial charge is 0.348 e. The molecule has 0 heterocycles. The number of nitro benzene ring substituents is 2. The van der Waals surface area contributed by atoms with Crippen molar-refractivity contribution >= 4 is 34.4 Å². The molecule has 0 aromatic heterocycles. The normalized spacial score (nSPS) is 8.93. The van der Waals surface area contributed by atoms with Gasteiger partial charge in [-0.15, -0.1) is 0 Å². The van der Waals surface area contributed by atoms with Crippen molar-refractivity contribution in [1.82, 2.24) is 0 Å². The van der Waals surface area contributed by atoms with Crippen molar-refractivity contribution in [3.63, 3.8) is 0 Å². The van der Waals surface area contributed by atoms with Crippen LogP contribution in [0.2, 0.25) is 0 Å². The molecule has 1 aromatic carbocycles. The Kier molecular flexibility index (Phi) is 4.44. The predicted molar refractivity (Wildman–Crippen MR) is 50.2 cm³/mol. The molecule has 0 unspecified atom stereocenters. The minimum atomic E-state index is -0.759. The smallest absolute Gasteiger partial charge is 0.258 e. The number of benzene rings is 1. The van der Waals surface area contributed by atoms with Crippen LogP contribution in [0, 0.1) is 27.2 Å². The molecule has 0 saturated carbocycles. The lowest BCUT2D eigenvalue weighted by Crippen LogP contribution is -1.98. The number of para-hydroxylation sites is 1. The third-order valence-corrected chi connectivity index (χ3v) is 1.60. The van der Waals surface area contributed by atoms with Crippen LogP contribution in [0.15, 0.2) is 18.2 Å². The van der Waals surface area contributed by atoms with Crippen molar-refractivity contribution in [3.05, 3.63) is 44.0 Å². The van der Waals surface area contributed by atoms with Gasteiger partial charge < -0.3 is 0 Å². The maximum atomic E-state index is 10.4. The minimum Gasteiger partial charge on any atom is -0.258 e. The SMILES string of the molecule is Cc1cccc([N+](=O)[O-])c1[N+](=O)[O-].[Mg].